The minimum absolute atomic E-state index is 0.0495. The van der Waals surface area contributed by atoms with Crippen LogP contribution in [-0.2, 0) is 25.5 Å². The normalized spacial score (nSPS) is 10.4. The van der Waals surface area contributed by atoms with Crippen LogP contribution in [-0.4, -0.2) is 24.4 Å². The number of carbonyl (C=O) groups excluding carboxylic acids is 3. The lowest BCUT2D eigenvalue weighted by atomic mass is 10.1. The van der Waals surface area contributed by atoms with Crippen molar-refractivity contribution in [1.82, 2.24) is 0 Å². The molecule has 0 radical (unpaired) electrons. The third kappa shape index (κ3) is 7.80. The van der Waals surface area contributed by atoms with Gasteiger partial charge < -0.3 is 15.4 Å². The van der Waals surface area contributed by atoms with E-state index in [9.17, 15) is 14.4 Å². The zero-order chi connectivity index (χ0) is 22.1. The summed E-state index contributed by atoms with van der Waals surface area (Å²) in [5, 5.41) is 6.05. The van der Waals surface area contributed by atoms with Gasteiger partial charge in [0.15, 0.2) is 6.61 Å². The predicted octanol–water partition coefficient (Wildman–Crippen LogP) is 5.26. The van der Waals surface area contributed by atoms with Gasteiger partial charge in [0.1, 0.15) is 0 Å². The molecule has 8 heteroatoms. The van der Waals surface area contributed by atoms with Gasteiger partial charge in [-0.15, -0.1) is 0 Å². The monoisotopic (exact) mass is 494 g/mol. The van der Waals surface area contributed by atoms with Crippen LogP contribution in [0.25, 0.3) is 0 Å². The molecule has 0 bridgehead atoms. The number of carbonyl (C=O) groups is 3. The molecule has 0 aliphatic heterocycles. The largest absolute Gasteiger partial charge is 0.456 e. The van der Waals surface area contributed by atoms with Crippen molar-refractivity contribution in [3.8, 4) is 0 Å². The zero-order valence-electron chi connectivity index (χ0n) is 16.9. The molecule has 0 fully saturated rings. The molecule has 2 N–H and O–H groups in total. The summed E-state index contributed by atoms with van der Waals surface area (Å²) < 4.78 is 5.92. The lowest BCUT2D eigenvalue weighted by Crippen LogP contribution is -2.21. The number of aryl methyl sites for hydroxylation is 2. The number of rotatable bonds is 9. The summed E-state index contributed by atoms with van der Waals surface area (Å²) in [5.74, 6) is -1.15. The molecule has 2 rings (SSSR count). The topological polar surface area (TPSA) is 84.5 Å². The molecule has 0 atom stereocenters. The number of ether oxygens (including phenoxy) is 1. The first-order valence-electron chi connectivity index (χ1n) is 9.58. The van der Waals surface area contributed by atoms with Crippen LogP contribution in [0.3, 0.4) is 0 Å². The summed E-state index contributed by atoms with van der Waals surface area (Å²) in [5.41, 5.74) is 3.20. The van der Waals surface area contributed by atoms with Gasteiger partial charge >= 0.3 is 5.97 Å². The van der Waals surface area contributed by atoms with Crippen LogP contribution in [0.2, 0.25) is 5.02 Å². The fourth-order valence-electron chi connectivity index (χ4n) is 2.67. The maximum absolute atomic E-state index is 12.0. The highest BCUT2D eigenvalue weighted by atomic mass is 79.9. The molecule has 0 aromatic heterocycles. The van der Waals surface area contributed by atoms with Gasteiger partial charge in [-0.05, 0) is 61.2 Å². The van der Waals surface area contributed by atoms with E-state index in [4.69, 9.17) is 16.3 Å². The van der Waals surface area contributed by atoms with Crippen molar-refractivity contribution in [2.75, 3.05) is 17.2 Å². The third-order valence-corrected chi connectivity index (χ3v) is 5.23. The highest BCUT2D eigenvalue weighted by Gasteiger charge is 2.11. The van der Waals surface area contributed by atoms with E-state index in [0.29, 0.717) is 22.8 Å². The van der Waals surface area contributed by atoms with Gasteiger partial charge in [0.05, 0.1) is 0 Å². The van der Waals surface area contributed by atoms with E-state index >= 15 is 0 Å². The molecule has 6 nitrogen and oxygen atoms in total. The van der Waals surface area contributed by atoms with Crippen LogP contribution < -0.4 is 10.6 Å². The van der Waals surface area contributed by atoms with Crippen molar-refractivity contribution in [1.29, 1.82) is 0 Å². The van der Waals surface area contributed by atoms with E-state index in [1.165, 1.54) is 0 Å². The summed E-state index contributed by atoms with van der Waals surface area (Å²) in [7, 11) is 0. The molecule has 160 valence electrons. The lowest BCUT2D eigenvalue weighted by molar-refractivity contribution is -0.147. The fraction of sp³-hybridized carbons (Fsp3) is 0.318. The summed E-state index contributed by atoms with van der Waals surface area (Å²) in [6.07, 6.45) is 1.28. The molecule has 0 aliphatic carbocycles. The van der Waals surface area contributed by atoms with Crippen molar-refractivity contribution in [3.05, 3.63) is 57.0 Å². The van der Waals surface area contributed by atoms with Gasteiger partial charge in [0.25, 0.3) is 5.91 Å². The third-order valence-electron chi connectivity index (χ3n) is 4.33. The fourth-order valence-corrected chi connectivity index (χ4v) is 3.26. The maximum Gasteiger partial charge on any atom is 0.306 e. The van der Waals surface area contributed by atoms with Crippen LogP contribution in [0.4, 0.5) is 11.4 Å². The first-order chi connectivity index (χ1) is 14.3. The van der Waals surface area contributed by atoms with E-state index in [1.54, 1.807) is 18.2 Å². The molecule has 0 heterocycles. The molecular weight excluding hydrogens is 472 g/mol. The standard InChI is InChI=1S/C22H24BrClN2O4/c1-3-15-11-16(23)8-10-19(15)26-21(28)13-30-22(29)6-4-5-20(27)25-17-9-7-14(2)18(24)12-17/h7-12H,3-6,13H2,1-2H3,(H,25,27)(H,26,28). The Kier molecular flexibility index (Phi) is 9.33. The minimum atomic E-state index is -0.525. The maximum atomic E-state index is 12.0. The van der Waals surface area contributed by atoms with Crippen molar-refractivity contribution >= 4 is 56.7 Å². The number of nitrogens with one attached hydrogen (secondary N) is 2. The zero-order valence-corrected chi connectivity index (χ0v) is 19.2. The molecule has 0 saturated carbocycles. The van der Waals surface area contributed by atoms with E-state index in [0.717, 1.165) is 22.0 Å². The second-order valence-corrected chi connectivity index (χ2v) is 8.05. The Bertz CT molecular complexity index is 933. The first-order valence-corrected chi connectivity index (χ1v) is 10.8. The SMILES string of the molecule is CCc1cc(Br)ccc1NC(=O)COC(=O)CCCC(=O)Nc1ccc(C)c(Cl)c1. The molecule has 2 aromatic carbocycles. The lowest BCUT2D eigenvalue weighted by Gasteiger charge is -2.11. The Hall–Kier alpha value is -2.38. The number of esters is 1. The molecular formula is C22H24BrClN2O4. The number of halogens is 2. The minimum Gasteiger partial charge on any atom is -0.456 e. The van der Waals surface area contributed by atoms with E-state index < -0.39 is 11.9 Å². The Morgan fingerprint density at radius 1 is 1.03 bits per heavy atom. The van der Waals surface area contributed by atoms with Crippen molar-refractivity contribution in [3.63, 3.8) is 0 Å². The number of anilines is 2. The number of hydrogen-bond donors (Lipinski definition) is 2. The molecule has 2 aromatic rings. The van der Waals surface area contributed by atoms with E-state index in [2.05, 4.69) is 26.6 Å². The molecule has 0 spiro atoms. The molecule has 0 saturated heterocycles. The highest BCUT2D eigenvalue weighted by molar-refractivity contribution is 9.10. The predicted molar refractivity (Wildman–Crippen MR) is 122 cm³/mol. The average Bonchev–Trinajstić information content (AvgIpc) is 2.70. The van der Waals surface area contributed by atoms with Gasteiger partial charge in [0, 0.05) is 33.7 Å². The number of amides is 2. The first kappa shape index (κ1) is 23.9. The second-order valence-electron chi connectivity index (χ2n) is 6.73. The highest BCUT2D eigenvalue weighted by Crippen LogP contribution is 2.22. The summed E-state index contributed by atoms with van der Waals surface area (Å²) >= 11 is 9.43. The summed E-state index contributed by atoms with van der Waals surface area (Å²) in [6, 6.07) is 10.8. The van der Waals surface area contributed by atoms with Crippen LogP contribution in [0, 0.1) is 6.92 Å². The van der Waals surface area contributed by atoms with Crippen molar-refractivity contribution in [2.45, 2.75) is 39.5 Å². The smallest absolute Gasteiger partial charge is 0.306 e. The second kappa shape index (κ2) is 11.7. The van der Waals surface area contributed by atoms with Crippen molar-refractivity contribution in [2.24, 2.45) is 0 Å². The molecule has 0 aliphatic rings. The van der Waals surface area contributed by atoms with Gasteiger partial charge in [-0.2, -0.15) is 0 Å². The van der Waals surface area contributed by atoms with Gasteiger partial charge in [-0.25, -0.2) is 0 Å². The van der Waals surface area contributed by atoms with Crippen LogP contribution in [0.1, 0.15) is 37.3 Å². The average molecular weight is 496 g/mol. The Morgan fingerprint density at radius 3 is 2.50 bits per heavy atom. The van der Waals surface area contributed by atoms with E-state index in [-0.39, 0.29) is 25.4 Å². The van der Waals surface area contributed by atoms with Crippen LogP contribution in [0.15, 0.2) is 40.9 Å². The van der Waals surface area contributed by atoms with Crippen LogP contribution in [0.5, 0.6) is 0 Å². The quantitative estimate of drug-likeness (QED) is 0.465. The van der Waals surface area contributed by atoms with E-state index in [1.807, 2.05) is 32.0 Å². The molecule has 0 unspecified atom stereocenters. The summed E-state index contributed by atoms with van der Waals surface area (Å²) in [4.78, 5) is 35.8. The Labute approximate surface area is 189 Å². The molecule has 30 heavy (non-hydrogen) atoms. The molecule has 2 amide bonds. The number of benzene rings is 2. The Morgan fingerprint density at radius 2 is 1.80 bits per heavy atom. The van der Waals surface area contributed by atoms with Gasteiger partial charge in [0.2, 0.25) is 5.91 Å². The Balaban J connectivity index is 1.68. The summed E-state index contributed by atoms with van der Waals surface area (Å²) in [6.45, 7) is 3.49. The van der Waals surface area contributed by atoms with Crippen molar-refractivity contribution < 1.29 is 19.1 Å². The van der Waals surface area contributed by atoms with Gasteiger partial charge in [-0.1, -0.05) is 40.5 Å². The van der Waals surface area contributed by atoms with Gasteiger partial charge in [-0.3, -0.25) is 14.4 Å². The van der Waals surface area contributed by atoms with Crippen LogP contribution >= 0.6 is 27.5 Å². The number of hydrogen-bond acceptors (Lipinski definition) is 4.